The van der Waals surface area contributed by atoms with Gasteiger partial charge in [0.05, 0.1) is 18.9 Å². The first-order valence-corrected chi connectivity index (χ1v) is 6.27. The van der Waals surface area contributed by atoms with Gasteiger partial charge in [-0.15, -0.1) is 10.2 Å². The lowest BCUT2D eigenvalue weighted by atomic mass is 10.2. The molecule has 0 aliphatic carbocycles. The van der Waals surface area contributed by atoms with Crippen LogP contribution in [0.25, 0.3) is 10.8 Å². The molecule has 0 spiro atoms. The highest BCUT2D eigenvalue weighted by atomic mass is 16.4. The van der Waals surface area contributed by atoms with Gasteiger partial charge in [0, 0.05) is 10.8 Å². The number of carboxylic acid groups (broad SMARTS) is 1. The predicted molar refractivity (Wildman–Crippen MR) is 74.5 cm³/mol. The van der Waals surface area contributed by atoms with E-state index in [1.807, 2.05) is 24.3 Å². The number of carboxylic acids is 1. The summed E-state index contributed by atoms with van der Waals surface area (Å²) in [5.41, 5.74) is 0.631. The lowest BCUT2D eigenvalue weighted by Gasteiger charge is -2.05. The average Bonchev–Trinajstić information content (AvgIpc) is 2.92. The molecule has 2 N–H and O–H groups in total. The van der Waals surface area contributed by atoms with Gasteiger partial charge >= 0.3 is 5.97 Å². The SMILES string of the molecule is O=C(O)Cn1cc(CNc2nncc3ccccc23)nn1. The summed E-state index contributed by atoms with van der Waals surface area (Å²) >= 11 is 0. The Balaban J connectivity index is 1.74. The van der Waals surface area contributed by atoms with Gasteiger partial charge in [0.25, 0.3) is 0 Å². The van der Waals surface area contributed by atoms with E-state index in [0.717, 1.165) is 10.8 Å². The first-order chi connectivity index (χ1) is 10.2. The molecule has 0 radical (unpaired) electrons. The zero-order valence-corrected chi connectivity index (χ0v) is 11.0. The summed E-state index contributed by atoms with van der Waals surface area (Å²) in [5, 5.41) is 29.4. The van der Waals surface area contributed by atoms with E-state index in [0.29, 0.717) is 18.1 Å². The highest BCUT2D eigenvalue weighted by molar-refractivity contribution is 5.90. The summed E-state index contributed by atoms with van der Waals surface area (Å²) in [6.07, 6.45) is 3.28. The summed E-state index contributed by atoms with van der Waals surface area (Å²) in [4.78, 5) is 10.6. The third-order valence-electron chi connectivity index (χ3n) is 2.89. The second-order valence-corrected chi connectivity index (χ2v) is 4.44. The van der Waals surface area contributed by atoms with E-state index in [-0.39, 0.29) is 6.54 Å². The van der Waals surface area contributed by atoms with Crippen LogP contribution in [0.4, 0.5) is 5.82 Å². The molecule has 21 heavy (non-hydrogen) atoms. The number of fused-ring (bicyclic) bond motifs is 1. The van der Waals surface area contributed by atoms with Crippen molar-refractivity contribution in [2.24, 2.45) is 0 Å². The summed E-state index contributed by atoms with van der Waals surface area (Å²) in [6, 6.07) is 7.77. The summed E-state index contributed by atoms with van der Waals surface area (Å²) < 4.78 is 1.27. The van der Waals surface area contributed by atoms with Crippen LogP contribution in [0.15, 0.2) is 36.7 Å². The number of hydrogen-bond donors (Lipinski definition) is 2. The molecule has 106 valence electrons. The number of anilines is 1. The van der Waals surface area contributed by atoms with Crippen LogP contribution < -0.4 is 5.32 Å². The number of nitrogens with one attached hydrogen (secondary N) is 1. The van der Waals surface area contributed by atoms with Gasteiger partial charge in [0.1, 0.15) is 12.2 Å². The zero-order valence-electron chi connectivity index (χ0n) is 11.0. The number of aliphatic carboxylic acids is 1. The van der Waals surface area contributed by atoms with Crippen molar-refractivity contribution in [2.75, 3.05) is 5.32 Å². The van der Waals surface area contributed by atoms with Gasteiger partial charge in [-0.1, -0.05) is 29.5 Å². The molecule has 8 nitrogen and oxygen atoms in total. The first kappa shape index (κ1) is 13.0. The maximum atomic E-state index is 10.6. The highest BCUT2D eigenvalue weighted by Gasteiger charge is 2.06. The van der Waals surface area contributed by atoms with E-state index < -0.39 is 5.97 Å². The fraction of sp³-hybridized carbons (Fsp3) is 0.154. The van der Waals surface area contributed by atoms with Crippen molar-refractivity contribution < 1.29 is 9.90 Å². The standard InChI is InChI=1S/C13H12N6O2/c20-12(21)8-19-7-10(16-18-19)6-14-13-11-4-2-1-3-9(11)5-15-17-13/h1-5,7H,6,8H2,(H,14,17)(H,20,21). The van der Waals surface area contributed by atoms with Gasteiger partial charge in [-0.25, -0.2) is 4.68 Å². The minimum absolute atomic E-state index is 0.207. The Morgan fingerprint density at radius 3 is 3.00 bits per heavy atom. The second kappa shape index (κ2) is 5.53. The lowest BCUT2D eigenvalue weighted by Crippen LogP contribution is -2.09. The zero-order chi connectivity index (χ0) is 14.7. The Bertz CT molecular complexity index is 780. The van der Waals surface area contributed by atoms with E-state index in [1.165, 1.54) is 4.68 Å². The van der Waals surface area contributed by atoms with Gasteiger partial charge < -0.3 is 10.4 Å². The summed E-state index contributed by atoms with van der Waals surface area (Å²) in [7, 11) is 0. The molecule has 0 fully saturated rings. The van der Waals surface area contributed by atoms with Crippen LogP contribution in [0.3, 0.4) is 0 Å². The molecule has 0 amide bonds. The van der Waals surface area contributed by atoms with Gasteiger partial charge in [0.2, 0.25) is 0 Å². The van der Waals surface area contributed by atoms with Crippen LogP contribution in [0.2, 0.25) is 0 Å². The maximum absolute atomic E-state index is 10.6. The number of hydrogen-bond acceptors (Lipinski definition) is 6. The number of nitrogens with zero attached hydrogens (tertiary/aromatic N) is 5. The largest absolute Gasteiger partial charge is 0.480 e. The minimum Gasteiger partial charge on any atom is -0.480 e. The number of benzene rings is 1. The Morgan fingerprint density at radius 2 is 2.14 bits per heavy atom. The van der Waals surface area contributed by atoms with E-state index in [2.05, 4.69) is 25.8 Å². The highest BCUT2D eigenvalue weighted by Crippen LogP contribution is 2.19. The maximum Gasteiger partial charge on any atom is 0.325 e. The van der Waals surface area contributed by atoms with Crippen molar-refractivity contribution >= 4 is 22.6 Å². The molecule has 0 saturated carbocycles. The third kappa shape index (κ3) is 2.94. The smallest absolute Gasteiger partial charge is 0.325 e. The van der Waals surface area contributed by atoms with Gasteiger partial charge in [0.15, 0.2) is 5.82 Å². The van der Waals surface area contributed by atoms with Crippen LogP contribution in [0, 0.1) is 0 Å². The quantitative estimate of drug-likeness (QED) is 0.717. The van der Waals surface area contributed by atoms with Gasteiger partial charge in [-0.2, -0.15) is 5.10 Å². The summed E-state index contributed by atoms with van der Waals surface area (Å²) in [5.74, 6) is -0.305. The van der Waals surface area contributed by atoms with Crippen LogP contribution >= 0.6 is 0 Å². The molecule has 0 atom stereocenters. The normalized spacial score (nSPS) is 10.7. The molecule has 0 aliphatic rings. The van der Waals surface area contributed by atoms with E-state index >= 15 is 0 Å². The predicted octanol–water partition coefficient (Wildman–Crippen LogP) is 0.918. The monoisotopic (exact) mass is 284 g/mol. The molecule has 3 rings (SSSR count). The fourth-order valence-corrected chi connectivity index (χ4v) is 1.97. The van der Waals surface area contributed by atoms with Crippen molar-refractivity contribution in [2.45, 2.75) is 13.1 Å². The molecule has 0 bridgehead atoms. The van der Waals surface area contributed by atoms with Gasteiger partial charge in [-0.05, 0) is 0 Å². The molecule has 0 unspecified atom stereocenters. The Labute approximate surface area is 119 Å². The number of aromatic nitrogens is 5. The average molecular weight is 284 g/mol. The fourth-order valence-electron chi connectivity index (χ4n) is 1.97. The first-order valence-electron chi connectivity index (χ1n) is 6.27. The summed E-state index contributed by atoms with van der Waals surface area (Å²) in [6.45, 7) is 0.184. The molecule has 2 heterocycles. The lowest BCUT2D eigenvalue weighted by molar-refractivity contribution is -0.137. The van der Waals surface area contributed by atoms with Crippen molar-refractivity contribution in [1.29, 1.82) is 0 Å². The van der Waals surface area contributed by atoms with Crippen molar-refractivity contribution in [1.82, 2.24) is 25.2 Å². The van der Waals surface area contributed by atoms with Gasteiger partial charge in [-0.3, -0.25) is 4.79 Å². The molecule has 8 heteroatoms. The molecular formula is C13H12N6O2. The molecule has 1 aromatic carbocycles. The van der Waals surface area contributed by atoms with Crippen molar-refractivity contribution in [3.63, 3.8) is 0 Å². The third-order valence-corrected chi connectivity index (χ3v) is 2.89. The molecule has 0 aliphatic heterocycles. The van der Waals surface area contributed by atoms with Crippen LogP contribution in [0.5, 0.6) is 0 Å². The van der Waals surface area contributed by atoms with Crippen molar-refractivity contribution in [3.05, 3.63) is 42.4 Å². The van der Waals surface area contributed by atoms with Crippen molar-refractivity contribution in [3.8, 4) is 0 Å². The number of rotatable bonds is 5. The van der Waals surface area contributed by atoms with Crippen LogP contribution in [-0.2, 0) is 17.9 Å². The van der Waals surface area contributed by atoms with Crippen LogP contribution in [-0.4, -0.2) is 36.3 Å². The van der Waals surface area contributed by atoms with E-state index in [1.54, 1.807) is 12.4 Å². The molecule has 0 saturated heterocycles. The van der Waals surface area contributed by atoms with Crippen LogP contribution in [0.1, 0.15) is 5.69 Å². The molecular weight excluding hydrogens is 272 g/mol. The Morgan fingerprint density at radius 1 is 1.29 bits per heavy atom. The molecule has 3 aromatic rings. The molecule has 2 aromatic heterocycles. The second-order valence-electron chi connectivity index (χ2n) is 4.44. The van der Waals surface area contributed by atoms with E-state index in [4.69, 9.17) is 5.11 Å². The minimum atomic E-state index is -0.959. The topological polar surface area (TPSA) is 106 Å². The Kier molecular flexibility index (Phi) is 3.42. The Hall–Kier alpha value is -3.03. The van der Waals surface area contributed by atoms with E-state index in [9.17, 15) is 4.79 Å². The number of carbonyl (C=O) groups is 1.